The number of nitrogens with zero attached hydrogens (tertiary/aromatic N) is 9. The van der Waals surface area contributed by atoms with Crippen molar-refractivity contribution in [3.05, 3.63) is 48.0 Å². The van der Waals surface area contributed by atoms with E-state index in [2.05, 4.69) is 21.5 Å². The van der Waals surface area contributed by atoms with Crippen LogP contribution >= 0.6 is 0 Å². The second-order valence-electron chi connectivity index (χ2n) is 6.44. The van der Waals surface area contributed by atoms with Crippen molar-refractivity contribution in [2.24, 2.45) is 4.99 Å². The Morgan fingerprint density at radius 2 is 2.08 bits per heavy atom. The third kappa shape index (κ3) is 1.78. The van der Waals surface area contributed by atoms with Gasteiger partial charge in [0.2, 0.25) is 6.19 Å². The molecule has 0 fully saturated rings. The lowest BCUT2D eigenvalue weighted by molar-refractivity contribution is 0.771. The first-order chi connectivity index (χ1) is 12.7. The summed E-state index contributed by atoms with van der Waals surface area (Å²) in [5, 5.41) is 21.6. The molecule has 9 nitrogen and oxygen atoms in total. The zero-order chi connectivity index (χ0) is 17.8. The molecule has 5 rings (SSSR count). The van der Waals surface area contributed by atoms with Crippen molar-refractivity contribution in [2.45, 2.75) is 19.8 Å². The number of aromatic nitrogens is 5. The molecule has 9 heteroatoms. The van der Waals surface area contributed by atoms with Crippen molar-refractivity contribution in [1.29, 1.82) is 5.26 Å². The summed E-state index contributed by atoms with van der Waals surface area (Å²) in [4.78, 5) is 9.06. The van der Waals surface area contributed by atoms with E-state index in [1.165, 1.54) is 4.68 Å². The van der Waals surface area contributed by atoms with Gasteiger partial charge in [-0.05, 0) is 12.1 Å². The maximum absolute atomic E-state index is 9.49. The number of anilines is 2. The first-order valence-electron chi connectivity index (χ1n) is 8.30. The summed E-state index contributed by atoms with van der Waals surface area (Å²) in [6.07, 6.45) is 5.65. The Labute approximate surface area is 149 Å². The van der Waals surface area contributed by atoms with Crippen LogP contribution in [0.2, 0.25) is 0 Å². The molecular weight excluding hydrogens is 330 g/mol. The van der Waals surface area contributed by atoms with E-state index in [9.17, 15) is 5.26 Å². The Hall–Kier alpha value is -3.67. The number of imidazole rings is 1. The number of benzene rings is 1. The molecule has 0 saturated heterocycles. The highest BCUT2D eigenvalue weighted by molar-refractivity contribution is 6.16. The third-order valence-electron chi connectivity index (χ3n) is 4.59. The number of fused-ring (bicyclic) bond motifs is 6. The van der Waals surface area contributed by atoms with Gasteiger partial charge in [0, 0.05) is 11.5 Å². The number of amidine groups is 1. The van der Waals surface area contributed by atoms with E-state index in [-0.39, 0.29) is 5.92 Å². The van der Waals surface area contributed by atoms with Crippen molar-refractivity contribution in [3.63, 3.8) is 0 Å². The lowest BCUT2D eigenvalue weighted by Gasteiger charge is -2.35. The lowest BCUT2D eigenvalue weighted by Crippen LogP contribution is -2.46. The second kappa shape index (κ2) is 5.16. The fourth-order valence-electron chi connectivity index (χ4n) is 3.45. The molecule has 0 saturated carbocycles. The summed E-state index contributed by atoms with van der Waals surface area (Å²) in [6, 6.07) is 8.07. The predicted molar refractivity (Wildman–Crippen MR) is 95.0 cm³/mol. The minimum absolute atomic E-state index is 0.123. The highest BCUT2D eigenvalue weighted by Crippen LogP contribution is 2.37. The normalized spacial score (nSPS) is 14.8. The van der Waals surface area contributed by atoms with Gasteiger partial charge in [-0.25, -0.2) is 20.0 Å². The van der Waals surface area contributed by atoms with Gasteiger partial charge in [0.05, 0.1) is 11.9 Å². The minimum Gasteiger partial charge on any atom is -0.283 e. The van der Waals surface area contributed by atoms with Crippen molar-refractivity contribution < 1.29 is 0 Å². The number of hydrazine groups is 1. The van der Waals surface area contributed by atoms with E-state index >= 15 is 0 Å². The number of aliphatic imine (C=N–C) groups is 1. The fraction of sp³-hybridized carbons (Fsp3) is 0.235. The van der Waals surface area contributed by atoms with Gasteiger partial charge in [0.1, 0.15) is 18.7 Å². The minimum atomic E-state index is 0.123. The fourth-order valence-corrected chi connectivity index (χ4v) is 3.45. The summed E-state index contributed by atoms with van der Waals surface area (Å²) < 4.78 is 3.26. The van der Waals surface area contributed by atoms with Gasteiger partial charge in [-0.2, -0.15) is 5.26 Å². The first-order valence-corrected chi connectivity index (χ1v) is 8.30. The third-order valence-corrected chi connectivity index (χ3v) is 4.59. The van der Waals surface area contributed by atoms with E-state index in [0.29, 0.717) is 12.5 Å². The van der Waals surface area contributed by atoms with Gasteiger partial charge in [0.25, 0.3) is 0 Å². The van der Waals surface area contributed by atoms with Crippen LogP contribution in [0, 0.1) is 11.5 Å². The van der Waals surface area contributed by atoms with Crippen LogP contribution in [0.1, 0.15) is 31.0 Å². The molecule has 2 aromatic heterocycles. The van der Waals surface area contributed by atoms with E-state index in [1.807, 2.05) is 52.7 Å². The average Bonchev–Trinajstić information content (AvgIpc) is 3.37. The molecule has 0 amide bonds. The summed E-state index contributed by atoms with van der Waals surface area (Å²) in [5.41, 5.74) is 2.81. The van der Waals surface area contributed by atoms with Gasteiger partial charge in [0.15, 0.2) is 17.5 Å². The molecule has 0 N–H and O–H groups in total. The molecule has 2 aliphatic heterocycles. The summed E-state index contributed by atoms with van der Waals surface area (Å²) in [7, 11) is 0. The van der Waals surface area contributed by atoms with E-state index < -0.39 is 0 Å². The number of hydrogen-bond donors (Lipinski definition) is 0. The van der Waals surface area contributed by atoms with Gasteiger partial charge in [-0.15, -0.1) is 9.78 Å². The summed E-state index contributed by atoms with van der Waals surface area (Å²) in [6.45, 7) is 4.44. The number of para-hydroxylation sites is 1. The van der Waals surface area contributed by atoms with Crippen LogP contribution < -0.4 is 10.0 Å². The average molecular weight is 345 g/mol. The first kappa shape index (κ1) is 14.7. The van der Waals surface area contributed by atoms with Crippen LogP contribution in [0.4, 0.5) is 11.6 Å². The number of rotatable bonds is 2. The topological polar surface area (TPSA) is 91.2 Å². The van der Waals surface area contributed by atoms with Crippen LogP contribution in [-0.2, 0) is 0 Å². The van der Waals surface area contributed by atoms with Gasteiger partial charge < -0.3 is 0 Å². The van der Waals surface area contributed by atoms with Gasteiger partial charge in [-0.3, -0.25) is 4.57 Å². The van der Waals surface area contributed by atoms with E-state index in [4.69, 9.17) is 4.99 Å². The quantitative estimate of drug-likeness (QED) is 0.704. The molecule has 0 spiro atoms. The Balaban J connectivity index is 1.71. The largest absolute Gasteiger partial charge is 0.283 e. The van der Waals surface area contributed by atoms with Crippen LogP contribution in [0.3, 0.4) is 0 Å². The van der Waals surface area contributed by atoms with E-state index in [1.54, 1.807) is 12.5 Å². The molecule has 26 heavy (non-hydrogen) atoms. The van der Waals surface area contributed by atoms with Gasteiger partial charge >= 0.3 is 0 Å². The van der Waals surface area contributed by atoms with Crippen LogP contribution in [-0.4, -0.2) is 37.0 Å². The molecule has 3 aromatic rings. The zero-order valence-electron chi connectivity index (χ0n) is 14.3. The Kier molecular flexibility index (Phi) is 2.91. The Bertz CT molecular complexity index is 1080. The van der Waals surface area contributed by atoms with Crippen molar-refractivity contribution >= 4 is 17.5 Å². The van der Waals surface area contributed by atoms with Crippen LogP contribution in [0.5, 0.6) is 0 Å². The van der Waals surface area contributed by atoms with Crippen molar-refractivity contribution in [2.75, 3.05) is 16.7 Å². The highest BCUT2D eigenvalue weighted by atomic mass is 15.7. The zero-order valence-corrected chi connectivity index (χ0v) is 14.3. The smallest absolute Gasteiger partial charge is 0.210 e. The SMILES string of the molecule is CC(C)c1nnn(C#N)c1N1CN=C2c3ccccc3-n3cncc3N21. The van der Waals surface area contributed by atoms with E-state index in [0.717, 1.165) is 28.6 Å². The molecule has 0 radical (unpaired) electrons. The molecule has 4 heterocycles. The molecule has 0 aliphatic carbocycles. The van der Waals surface area contributed by atoms with Gasteiger partial charge in [-0.1, -0.05) is 31.2 Å². The Morgan fingerprint density at radius 1 is 1.23 bits per heavy atom. The molecule has 128 valence electrons. The second-order valence-corrected chi connectivity index (χ2v) is 6.44. The van der Waals surface area contributed by atoms with Crippen LogP contribution in [0.15, 0.2) is 41.8 Å². The standard InChI is InChI=1S/C17H15N9/c1-11(2)15-17(24(8-18)22-21-15)25-10-20-16-12-5-3-4-6-13(12)23-9-19-7-14(23)26(16)25/h3-7,9,11H,10H2,1-2H3. The maximum atomic E-state index is 9.49. The molecule has 1 aromatic carbocycles. The molecule has 0 unspecified atom stereocenters. The summed E-state index contributed by atoms with van der Waals surface area (Å²) in [5.74, 6) is 2.45. The van der Waals surface area contributed by atoms with Crippen molar-refractivity contribution in [3.8, 4) is 11.9 Å². The predicted octanol–water partition coefficient (Wildman–Crippen LogP) is 1.88. The summed E-state index contributed by atoms with van der Waals surface area (Å²) >= 11 is 0. The molecule has 0 atom stereocenters. The lowest BCUT2D eigenvalue weighted by atomic mass is 10.1. The Morgan fingerprint density at radius 3 is 2.88 bits per heavy atom. The number of hydrogen-bond acceptors (Lipinski definition) is 7. The number of nitriles is 1. The molecule has 2 aliphatic rings. The monoisotopic (exact) mass is 345 g/mol. The maximum Gasteiger partial charge on any atom is 0.210 e. The van der Waals surface area contributed by atoms with Crippen molar-refractivity contribution in [1.82, 2.24) is 24.5 Å². The molecular formula is C17H15N9. The molecule has 0 bridgehead atoms. The van der Waals surface area contributed by atoms with Crippen LogP contribution in [0.25, 0.3) is 5.69 Å². The highest BCUT2D eigenvalue weighted by Gasteiger charge is 2.39.